The highest BCUT2D eigenvalue weighted by atomic mass is 32.2. The van der Waals surface area contributed by atoms with Crippen LogP contribution in [0.2, 0.25) is 0 Å². The van der Waals surface area contributed by atoms with E-state index in [2.05, 4.69) is 5.32 Å². The number of carbonyl (C=O) groups excluding carboxylic acids is 1. The van der Waals surface area contributed by atoms with Crippen LogP contribution in [0.15, 0.2) is 0 Å². The third kappa shape index (κ3) is 6.28. The summed E-state index contributed by atoms with van der Waals surface area (Å²) in [7, 11) is 0. The quantitative estimate of drug-likeness (QED) is 0.208. The second-order valence-electron chi connectivity index (χ2n) is 2.60. The first-order chi connectivity index (χ1) is 6.57. The van der Waals surface area contributed by atoms with E-state index in [-0.39, 0.29) is 11.1 Å². The van der Waals surface area contributed by atoms with Gasteiger partial charge in [0, 0.05) is 18.3 Å². The highest BCUT2D eigenvalue weighted by Gasteiger charge is 2.13. The van der Waals surface area contributed by atoms with Gasteiger partial charge in [0.05, 0.1) is 6.04 Å². The maximum Gasteiger partial charge on any atom is 0.219 e. The van der Waals surface area contributed by atoms with E-state index >= 15 is 0 Å². The molecule has 0 saturated heterocycles. The van der Waals surface area contributed by atoms with E-state index in [0.29, 0.717) is 31.1 Å². The van der Waals surface area contributed by atoms with E-state index in [9.17, 15) is 4.79 Å². The Morgan fingerprint density at radius 2 is 2.36 bits per heavy atom. The Labute approximate surface area is 86.5 Å². The fraction of sp³-hybridized carbons (Fsp3) is 0.571. The summed E-state index contributed by atoms with van der Waals surface area (Å²) in [5.74, 6) is -0.101. The van der Waals surface area contributed by atoms with Crippen molar-refractivity contribution in [1.29, 1.82) is 10.7 Å². The predicted molar refractivity (Wildman–Crippen MR) is 55.3 cm³/mol. The average molecular weight is 215 g/mol. The first-order valence-electron chi connectivity index (χ1n) is 4.01. The summed E-state index contributed by atoms with van der Waals surface area (Å²) in [5, 5.41) is 19.0. The fourth-order valence-electron chi connectivity index (χ4n) is 0.784. The van der Waals surface area contributed by atoms with Crippen molar-refractivity contribution in [3.05, 3.63) is 0 Å². The second kappa shape index (κ2) is 7.17. The Hall–Kier alpha value is -1.26. The van der Waals surface area contributed by atoms with Crippen LogP contribution in [-0.2, 0) is 4.79 Å². The van der Waals surface area contributed by atoms with E-state index in [1.807, 2.05) is 0 Å². The maximum atomic E-state index is 11.0. The lowest BCUT2D eigenvalue weighted by Gasteiger charge is -2.07. The van der Waals surface area contributed by atoms with Crippen molar-refractivity contribution in [2.45, 2.75) is 18.9 Å². The van der Waals surface area contributed by atoms with E-state index in [0.717, 1.165) is 0 Å². The minimum Gasteiger partial charge on any atom is -0.370 e. The van der Waals surface area contributed by atoms with Crippen molar-refractivity contribution >= 4 is 22.8 Å². The molecule has 0 aliphatic carbocycles. The lowest BCUT2D eigenvalue weighted by atomic mass is 10.2. The van der Waals surface area contributed by atoms with Gasteiger partial charge < -0.3 is 16.8 Å². The van der Waals surface area contributed by atoms with Gasteiger partial charge in [-0.05, 0) is 12.8 Å². The van der Waals surface area contributed by atoms with Crippen LogP contribution in [0.25, 0.3) is 0 Å². The van der Waals surface area contributed by atoms with E-state index in [1.54, 1.807) is 5.40 Å². The summed E-state index contributed by atoms with van der Waals surface area (Å²) < 4.78 is 0. The van der Waals surface area contributed by atoms with Crippen molar-refractivity contribution < 1.29 is 4.79 Å². The molecule has 0 aromatic heterocycles. The summed E-state index contributed by atoms with van der Waals surface area (Å²) in [6.45, 7) is 0.507. The minimum atomic E-state index is -0.617. The first-order valence-corrected chi connectivity index (χ1v) is 4.82. The summed E-state index contributed by atoms with van der Waals surface area (Å²) >= 11 is 0.558. The van der Waals surface area contributed by atoms with Crippen molar-refractivity contribution in [3.8, 4) is 5.40 Å². The molecule has 7 heteroatoms. The molecule has 78 valence electrons. The molecule has 1 unspecified atom stereocenters. The SMILES string of the molecule is N#CSC(=O)C(N)CCCNC(=N)N. The highest BCUT2D eigenvalue weighted by Crippen LogP contribution is 2.05. The Bertz CT molecular complexity index is 249. The molecular weight excluding hydrogens is 202 g/mol. The topological polar surface area (TPSA) is 129 Å². The molecule has 0 spiro atoms. The second-order valence-corrected chi connectivity index (χ2v) is 3.39. The molecule has 0 aliphatic heterocycles. The zero-order valence-electron chi connectivity index (χ0n) is 7.62. The summed E-state index contributed by atoms with van der Waals surface area (Å²) in [4.78, 5) is 11.0. The van der Waals surface area contributed by atoms with Crippen LogP contribution < -0.4 is 16.8 Å². The first kappa shape index (κ1) is 12.7. The van der Waals surface area contributed by atoms with Gasteiger partial charge >= 0.3 is 0 Å². The fourth-order valence-corrected chi connectivity index (χ4v) is 1.14. The summed E-state index contributed by atoms with van der Waals surface area (Å²) in [5.41, 5.74) is 10.5. The van der Waals surface area contributed by atoms with Crippen LogP contribution in [0.3, 0.4) is 0 Å². The van der Waals surface area contributed by atoms with Crippen LogP contribution in [-0.4, -0.2) is 23.7 Å². The Balaban J connectivity index is 3.54. The lowest BCUT2D eigenvalue weighted by molar-refractivity contribution is -0.112. The number of guanidine groups is 1. The molecule has 0 rings (SSSR count). The zero-order chi connectivity index (χ0) is 11.0. The molecule has 0 saturated carbocycles. The van der Waals surface area contributed by atoms with Crippen LogP contribution in [0.1, 0.15) is 12.8 Å². The van der Waals surface area contributed by atoms with Crippen LogP contribution in [0, 0.1) is 16.1 Å². The molecule has 0 amide bonds. The van der Waals surface area contributed by atoms with Crippen molar-refractivity contribution in [3.63, 3.8) is 0 Å². The number of hydrogen-bond donors (Lipinski definition) is 4. The van der Waals surface area contributed by atoms with Gasteiger partial charge in [0.15, 0.2) is 5.96 Å². The molecule has 0 heterocycles. The molecule has 0 fully saturated rings. The molecular formula is C7H13N5OS. The number of thioether (sulfide) groups is 1. The zero-order valence-corrected chi connectivity index (χ0v) is 8.43. The van der Waals surface area contributed by atoms with Crippen LogP contribution in [0.4, 0.5) is 0 Å². The summed E-state index contributed by atoms with van der Waals surface area (Å²) in [6, 6.07) is -0.617. The number of carbonyl (C=O) groups is 1. The van der Waals surface area contributed by atoms with Gasteiger partial charge in [-0.2, -0.15) is 5.26 Å². The Morgan fingerprint density at radius 3 is 2.86 bits per heavy atom. The largest absolute Gasteiger partial charge is 0.370 e. The van der Waals surface area contributed by atoms with Gasteiger partial charge in [-0.25, -0.2) is 0 Å². The molecule has 6 nitrogen and oxygen atoms in total. The van der Waals surface area contributed by atoms with E-state index in [4.69, 9.17) is 22.1 Å². The molecule has 1 atom stereocenters. The number of nitrogens with zero attached hydrogens (tertiary/aromatic N) is 1. The molecule has 0 radical (unpaired) electrons. The van der Waals surface area contributed by atoms with Crippen LogP contribution >= 0.6 is 11.8 Å². The Kier molecular flexibility index (Phi) is 6.53. The molecule has 6 N–H and O–H groups in total. The number of thiocyanates is 1. The Morgan fingerprint density at radius 1 is 1.71 bits per heavy atom. The molecule has 0 aromatic carbocycles. The van der Waals surface area contributed by atoms with E-state index < -0.39 is 6.04 Å². The van der Waals surface area contributed by atoms with Crippen molar-refractivity contribution in [1.82, 2.24) is 5.32 Å². The smallest absolute Gasteiger partial charge is 0.219 e. The van der Waals surface area contributed by atoms with E-state index in [1.165, 1.54) is 0 Å². The van der Waals surface area contributed by atoms with Crippen molar-refractivity contribution in [2.75, 3.05) is 6.54 Å². The third-order valence-corrected chi connectivity index (χ3v) is 2.05. The minimum absolute atomic E-state index is 0.101. The number of nitrogens with one attached hydrogen (secondary N) is 2. The highest BCUT2D eigenvalue weighted by molar-refractivity contribution is 8.17. The van der Waals surface area contributed by atoms with Crippen molar-refractivity contribution in [2.24, 2.45) is 11.5 Å². The monoisotopic (exact) mass is 215 g/mol. The predicted octanol–water partition coefficient (Wildman–Crippen LogP) is -0.682. The van der Waals surface area contributed by atoms with Gasteiger partial charge in [0.2, 0.25) is 5.12 Å². The number of rotatable bonds is 5. The van der Waals surface area contributed by atoms with Gasteiger partial charge in [-0.3, -0.25) is 10.2 Å². The lowest BCUT2D eigenvalue weighted by Crippen LogP contribution is -2.33. The molecule has 0 bridgehead atoms. The number of nitrogens with two attached hydrogens (primary N) is 2. The maximum absolute atomic E-state index is 11.0. The molecule has 0 aliphatic rings. The van der Waals surface area contributed by atoms with Gasteiger partial charge in [-0.1, -0.05) is 0 Å². The average Bonchev–Trinajstić information content (AvgIpc) is 2.12. The number of hydrogen-bond acceptors (Lipinski definition) is 5. The normalized spacial score (nSPS) is 11.4. The standard InChI is InChI=1S/C7H13N5OS/c8-4-14-6(13)5(9)2-1-3-12-7(10)11/h5H,1-3,9H2,(H4,10,11,12). The summed E-state index contributed by atoms with van der Waals surface area (Å²) in [6.07, 6.45) is 1.12. The van der Waals surface area contributed by atoms with Crippen LogP contribution in [0.5, 0.6) is 0 Å². The number of nitriles is 1. The van der Waals surface area contributed by atoms with Gasteiger partial charge in [0.1, 0.15) is 5.40 Å². The van der Waals surface area contributed by atoms with Gasteiger partial charge in [0.25, 0.3) is 0 Å². The van der Waals surface area contributed by atoms with Gasteiger partial charge in [-0.15, -0.1) is 0 Å². The molecule has 14 heavy (non-hydrogen) atoms. The molecule has 0 aromatic rings. The third-order valence-electron chi connectivity index (χ3n) is 1.46.